The van der Waals surface area contributed by atoms with Crippen LogP contribution in [0.3, 0.4) is 0 Å². The van der Waals surface area contributed by atoms with E-state index in [-0.39, 0.29) is 5.91 Å². The van der Waals surface area contributed by atoms with E-state index in [4.69, 9.17) is 4.98 Å². The quantitative estimate of drug-likeness (QED) is 0.418. The van der Waals surface area contributed by atoms with Crippen molar-refractivity contribution >= 4 is 44.9 Å². The molecule has 6 nitrogen and oxygen atoms in total. The number of thiophene rings is 1. The van der Waals surface area contributed by atoms with Gasteiger partial charge in [-0.15, -0.1) is 21.5 Å². The molecule has 3 heterocycles. The van der Waals surface area contributed by atoms with Crippen LogP contribution in [0.5, 0.6) is 0 Å². The Labute approximate surface area is 194 Å². The minimum Gasteiger partial charge on any atom is -0.351 e. The van der Waals surface area contributed by atoms with Gasteiger partial charge in [-0.1, -0.05) is 49.0 Å². The minimum absolute atomic E-state index is 0.000451. The molecule has 6 rings (SSSR count). The lowest BCUT2D eigenvalue weighted by Gasteiger charge is -2.17. The number of aryl methyl sites for hydroxylation is 1. The zero-order chi connectivity index (χ0) is 21.7. The molecular weight excluding hydrogens is 438 g/mol. The second-order valence-corrected chi connectivity index (χ2v) is 11.0. The highest BCUT2D eigenvalue weighted by atomic mass is 32.2. The molecule has 2 aliphatic carbocycles. The van der Waals surface area contributed by atoms with Crippen LogP contribution in [0.25, 0.3) is 15.9 Å². The Bertz CT molecular complexity index is 1310. The maximum Gasteiger partial charge on any atom is 0.230 e. The van der Waals surface area contributed by atoms with E-state index in [2.05, 4.69) is 26.8 Å². The highest BCUT2D eigenvalue weighted by molar-refractivity contribution is 7.99. The van der Waals surface area contributed by atoms with Crippen LogP contribution in [-0.4, -0.2) is 31.2 Å². The molecule has 1 N–H and O–H groups in total. The molecule has 8 heteroatoms. The van der Waals surface area contributed by atoms with Crippen molar-refractivity contribution < 1.29 is 4.79 Å². The summed E-state index contributed by atoms with van der Waals surface area (Å²) in [5.41, 5.74) is 3.45. The molecule has 0 radical (unpaired) electrons. The lowest BCUT2D eigenvalue weighted by atomic mass is 9.89. The van der Waals surface area contributed by atoms with Gasteiger partial charge in [-0.05, 0) is 49.1 Å². The number of fused-ring (bicyclic) bond motifs is 5. The second kappa shape index (κ2) is 8.15. The maximum absolute atomic E-state index is 12.5. The van der Waals surface area contributed by atoms with Crippen molar-refractivity contribution in [3.8, 4) is 0 Å². The lowest BCUT2D eigenvalue weighted by Crippen LogP contribution is -2.24. The lowest BCUT2D eigenvalue weighted by molar-refractivity contribution is -0.118. The Morgan fingerprint density at radius 1 is 1.22 bits per heavy atom. The molecule has 1 aromatic carbocycles. The number of hydrogen-bond acceptors (Lipinski definition) is 6. The summed E-state index contributed by atoms with van der Waals surface area (Å²) in [6, 6.07) is 9.97. The van der Waals surface area contributed by atoms with Crippen LogP contribution in [0.15, 0.2) is 35.5 Å². The van der Waals surface area contributed by atoms with Gasteiger partial charge < -0.3 is 5.32 Å². The molecule has 0 aliphatic heterocycles. The number of aromatic nitrogens is 4. The van der Waals surface area contributed by atoms with E-state index < -0.39 is 0 Å². The Hall–Kier alpha value is -2.45. The van der Waals surface area contributed by atoms with Crippen LogP contribution >= 0.6 is 23.1 Å². The smallest absolute Gasteiger partial charge is 0.230 e. The molecule has 2 aliphatic rings. The van der Waals surface area contributed by atoms with E-state index in [1.807, 2.05) is 41.7 Å². The third-order valence-electron chi connectivity index (χ3n) is 6.40. The molecule has 1 amide bonds. The fraction of sp³-hybridized carbons (Fsp3) is 0.417. The summed E-state index contributed by atoms with van der Waals surface area (Å²) in [6.45, 7) is 2.87. The number of rotatable bonds is 6. The number of benzene rings is 1. The van der Waals surface area contributed by atoms with Crippen LogP contribution in [0.1, 0.15) is 53.9 Å². The van der Waals surface area contributed by atoms with Gasteiger partial charge >= 0.3 is 0 Å². The van der Waals surface area contributed by atoms with Crippen LogP contribution in [0.2, 0.25) is 0 Å². The summed E-state index contributed by atoms with van der Waals surface area (Å²) in [5.74, 6) is 2.58. The van der Waals surface area contributed by atoms with E-state index in [9.17, 15) is 4.79 Å². The van der Waals surface area contributed by atoms with Crippen LogP contribution < -0.4 is 5.32 Å². The van der Waals surface area contributed by atoms with Crippen molar-refractivity contribution in [1.29, 1.82) is 0 Å². The third-order valence-corrected chi connectivity index (χ3v) is 8.48. The first-order valence-electron chi connectivity index (χ1n) is 11.3. The average molecular weight is 464 g/mol. The third kappa shape index (κ3) is 3.69. The Morgan fingerprint density at radius 2 is 2.06 bits per heavy atom. The number of nitrogens with zero attached hydrogens (tertiary/aromatic N) is 4. The molecule has 32 heavy (non-hydrogen) atoms. The van der Waals surface area contributed by atoms with Gasteiger partial charge in [0.05, 0.1) is 11.1 Å². The molecule has 1 fully saturated rings. The predicted molar refractivity (Wildman–Crippen MR) is 128 cm³/mol. The fourth-order valence-corrected chi connectivity index (χ4v) is 6.68. The van der Waals surface area contributed by atoms with E-state index >= 15 is 0 Å². The normalized spacial score (nSPS) is 18.2. The number of hydrogen-bond donors (Lipinski definition) is 1. The first-order chi connectivity index (χ1) is 15.7. The first-order valence-corrected chi connectivity index (χ1v) is 13.1. The maximum atomic E-state index is 12.5. The monoisotopic (exact) mass is 463 g/mol. The number of carbonyl (C=O) groups excluding carboxylic acids is 1. The zero-order valence-electron chi connectivity index (χ0n) is 18.0. The molecular formula is C24H25N5OS2. The molecule has 0 bridgehead atoms. The van der Waals surface area contributed by atoms with E-state index in [0.717, 1.165) is 58.6 Å². The van der Waals surface area contributed by atoms with Gasteiger partial charge in [0, 0.05) is 17.3 Å². The van der Waals surface area contributed by atoms with Gasteiger partial charge in [-0.3, -0.25) is 9.20 Å². The van der Waals surface area contributed by atoms with Crippen molar-refractivity contribution in [3.05, 3.63) is 52.2 Å². The largest absolute Gasteiger partial charge is 0.351 e. The van der Waals surface area contributed by atoms with Crippen molar-refractivity contribution in [2.24, 2.45) is 5.92 Å². The van der Waals surface area contributed by atoms with E-state index in [1.165, 1.54) is 34.0 Å². The van der Waals surface area contributed by atoms with Gasteiger partial charge in [0.1, 0.15) is 10.7 Å². The molecule has 3 aromatic heterocycles. The van der Waals surface area contributed by atoms with Crippen molar-refractivity contribution in [2.75, 3.05) is 5.75 Å². The van der Waals surface area contributed by atoms with E-state index in [1.54, 1.807) is 0 Å². The van der Waals surface area contributed by atoms with Gasteiger partial charge in [-0.25, -0.2) is 4.98 Å². The van der Waals surface area contributed by atoms with Gasteiger partial charge in [0.15, 0.2) is 10.8 Å². The average Bonchev–Trinajstić information content (AvgIpc) is 3.46. The first kappa shape index (κ1) is 20.2. The highest BCUT2D eigenvalue weighted by Crippen LogP contribution is 2.44. The summed E-state index contributed by atoms with van der Waals surface area (Å²) in [7, 11) is 0. The van der Waals surface area contributed by atoms with Crippen LogP contribution in [0, 0.1) is 5.92 Å². The van der Waals surface area contributed by atoms with E-state index in [0.29, 0.717) is 18.2 Å². The molecule has 0 spiro atoms. The highest BCUT2D eigenvalue weighted by Gasteiger charge is 2.32. The van der Waals surface area contributed by atoms with Crippen LogP contribution in [-0.2, 0) is 24.2 Å². The zero-order valence-corrected chi connectivity index (χ0v) is 19.6. The summed E-state index contributed by atoms with van der Waals surface area (Å²) in [5, 5.41) is 14.1. The Kier molecular flexibility index (Phi) is 5.14. The molecule has 1 saturated carbocycles. The van der Waals surface area contributed by atoms with Gasteiger partial charge in [0.25, 0.3) is 0 Å². The molecule has 4 aromatic rings. The number of amides is 1. The second-order valence-electron chi connectivity index (χ2n) is 8.97. The molecule has 0 unspecified atom stereocenters. The summed E-state index contributed by atoms with van der Waals surface area (Å²) < 4.78 is 2.14. The summed E-state index contributed by atoms with van der Waals surface area (Å²) in [6.07, 6.45) is 5.77. The summed E-state index contributed by atoms with van der Waals surface area (Å²) >= 11 is 3.30. The SMILES string of the molecule is C[C@@H]1CCc2c(sc3nc(C4CC4)n4c(SCC(=O)NCc5ccccc5)nnc4c23)C1. The van der Waals surface area contributed by atoms with Crippen molar-refractivity contribution in [1.82, 2.24) is 24.9 Å². The Morgan fingerprint density at radius 3 is 2.88 bits per heavy atom. The fourth-order valence-electron chi connectivity index (χ4n) is 4.52. The van der Waals surface area contributed by atoms with Gasteiger partial charge in [-0.2, -0.15) is 0 Å². The standard InChI is InChI=1S/C24H25N5OS2/c1-14-7-10-17-18(11-14)32-23-20(17)22-27-28-24(29(22)21(26-23)16-8-9-16)31-13-19(30)25-12-15-5-3-2-4-6-15/h2-6,14,16H,7-13H2,1H3,(H,25,30)/t14-/m1/s1. The molecule has 0 saturated heterocycles. The minimum atomic E-state index is -0.000451. The van der Waals surface area contributed by atoms with Crippen LogP contribution in [0.4, 0.5) is 0 Å². The number of carbonyl (C=O) groups is 1. The topological polar surface area (TPSA) is 72.2 Å². The predicted octanol–water partition coefficient (Wildman–Crippen LogP) is 4.75. The van der Waals surface area contributed by atoms with Gasteiger partial charge in [0.2, 0.25) is 5.91 Å². The Balaban J connectivity index is 1.29. The molecule has 1 atom stereocenters. The molecule has 164 valence electrons. The van der Waals surface area contributed by atoms with Crippen molar-refractivity contribution in [3.63, 3.8) is 0 Å². The summed E-state index contributed by atoms with van der Waals surface area (Å²) in [4.78, 5) is 20.2. The number of nitrogens with one attached hydrogen (secondary N) is 1. The number of thioether (sulfide) groups is 1. The van der Waals surface area contributed by atoms with Crippen molar-refractivity contribution in [2.45, 2.75) is 56.6 Å².